The molecule has 1 rings (SSSR count). The number of hydrogen-bond donors (Lipinski definition) is 1. The first-order chi connectivity index (χ1) is 8.60. The van der Waals surface area contributed by atoms with Crippen LogP contribution in [0.2, 0.25) is 0 Å². The lowest BCUT2D eigenvalue weighted by Crippen LogP contribution is -2.27. The van der Waals surface area contributed by atoms with Crippen LogP contribution in [0.4, 0.5) is 25.0 Å². The van der Waals surface area contributed by atoms with Gasteiger partial charge in [0.1, 0.15) is 11.3 Å². The van der Waals surface area contributed by atoms with Crippen LogP contribution in [-0.2, 0) is 4.74 Å². The van der Waals surface area contributed by atoms with Crippen LogP contribution < -0.4 is 5.32 Å². The van der Waals surface area contributed by atoms with Crippen LogP contribution in [0.25, 0.3) is 0 Å². The van der Waals surface area contributed by atoms with Crippen molar-refractivity contribution in [2.24, 2.45) is 0 Å². The van der Waals surface area contributed by atoms with Crippen LogP contribution in [-0.4, -0.2) is 16.6 Å². The summed E-state index contributed by atoms with van der Waals surface area (Å²) in [6.45, 7) is 4.77. The fourth-order valence-corrected chi connectivity index (χ4v) is 1.20. The van der Waals surface area contributed by atoms with Crippen molar-refractivity contribution in [3.8, 4) is 0 Å². The summed E-state index contributed by atoms with van der Waals surface area (Å²) in [5, 5.41) is 12.7. The predicted molar refractivity (Wildman–Crippen MR) is 62.9 cm³/mol. The molecule has 0 spiro atoms. The zero-order chi connectivity index (χ0) is 14.8. The molecule has 0 aliphatic heterocycles. The summed E-state index contributed by atoms with van der Waals surface area (Å²) in [6.07, 6.45) is -0.999. The van der Waals surface area contributed by atoms with E-state index in [4.69, 9.17) is 4.74 Å². The zero-order valence-corrected chi connectivity index (χ0v) is 10.5. The van der Waals surface area contributed by atoms with Crippen molar-refractivity contribution >= 4 is 17.5 Å². The lowest BCUT2D eigenvalue weighted by molar-refractivity contribution is -0.384. The molecule has 1 aromatic rings. The van der Waals surface area contributed by atoms with Crippen LogP contribution in [0.3, 0.4) is 0 Å². The molecular formula is C11H12F2N2O4. The molecular weight excluding hydrogens is 262 g/mol. The summed E-state index contributed by atoms with van der Waals surface area (Å²) in [4.78, 5) is 21.2. The maximum absolute atomic E-state index is 13.0. The van der Waals surface area contributed by atoms with Crippen molar-refractivity contribution in [1.29, 1.82) is 0 Å². The number of halogens is 2. The number of nitro groups is 1. The summed E-state index contributed by atoms with van der Waals surface area (Å²) in [5.41, 5.74) is -2.06. The van der Waals surface area contributed by atoms with Crippen LogP contribution in [0, 0.1) is 21.7 Å². The Morgan fingerprint density at radius 1 is 1.32 bits per heavy atom. The molecule has 0 heterocycles. The maximum Gasteiger partial charge on any atom is 0.412 e. The van der Waals surface area contributed by atoms with E-state index in [0.29, 0.717) is 12.1 Å². The van der Waals surface area contributed by atoms with Gasteiger partial charge in [0.05, 0.1) is 11.0 Å². The highest BCUT2D eigenvalue weighted by Gasteiger charge is 2.23. The fraction of sp³-hybridized carbons (Fsp3) is 0.364. The molecule has 1 N–H and O–H groups in total. The average Bonchev–Trinajstić information content (AvgIpc) is 2.19. The second-order valence-electron chi connectivity index (χ2n) is 4.67. The van der Waals surface area contributed by atoms with Gasteiger partial charge in [-0.05, 0) is 20.8 Å². The fourth-order valence-electron chi connectivity index (χ4n) is 1.20. The summed E-state index contributed by atoms with van der Waals surface area (Å²) < 4.78 is 30.8. The number of hydrogen-bond acceptors (Lipinski definition) is 4. The number of nitrogens with one attached hydrogen (secondary N) is 1. The molecule has 0 unspecified atom stereocenters. The molecule has 0 fully saturated rings. The number of nitro benzene ring substituents is 1. The number of benzene rings is 1. The number of rotatable bonds is 2. The Bertz CT molecular complexity index is 526. The quantitative estimate of drug-likeness (QED) is 0.663. The van der Waals surface area contributed by atoms with Gasteiger partial charge in [-0.2, -0.15) is 0 Å². The number of nitrogens with zero attached hydrogens (tertiary/aromatic N) is 1. The van der Waals surface area contributed by atoms with E-state index in [2.05, 4.69) is 0 Å². The lowest BCUT2D eigenvalue weighted by Gasteiger charge is -2.19. The number of amides is 1. The number of anilines is 1. The molecule has 19 heavy (non-hydrogen) atoms. The van der Waals surface area contributed by atoms with E-state index in [1.54, 1.807) is 20.8 Å². The molecule has 1 amide bonds. The first-order valence-electron chi connectivity index (χ1n) is 5.23. The molecule has 0 aliphatic carbocycles. The number of carbonyl (C=O) groups excluding carboxylic acids is 1. The van der Waals surface area contributed by atoms with Crippen molar-refractivity contribution < 1.29 is 23.2 Å². The summed E-state index contributed by atoms with van der Waals surface area (Å²) in [5.74, 6) is -2.68. The van der Waals surface area contributed by atoms with E-state index in [-0.39, 0.29) is 0 Å². The topological polar surface area (TPSA) is 81.5 Å². The molecule has 0 aliphatic rings. The third kappa shape index (κ3) is 4.16. The van der Waals surface area contributed by atoms with Crippen molar-refractivity contribution in [3.63, 3.8) is 0 Å². The van der Waals surface area contributed by atoms with Gasteiger partial charge in [0.2, 0.25) is 0 Å². The van der Waals surface area contributed by atoms with Crippen LogP contribution in [0.1, 0.15) is 20.8 Å². The highest BCUT2D eigenvalue weighted by atomic mass is 19.2. The van der Waals surface area contributed by atoms with E-state index in [0.717, 1.165) is 0 Å². The maximum atomic E-state index is 13.0. The molecule has 104 valence electrons. The van der Waals surface area contributed by atoms with Gasteiger partial charge in [0, 0.05) is 6.07 Å². The standard InChI is InChI=1S/C11H12F2N2O4/c1-11(2,3)19-10(16)14-8-4-6(12)7(13)5-9(8)15(17)18/h4-5H,1-3H3,(H,14,16). The molecule has 6 nitrogen and oxygen atoms in total. The highest BCUT2D eigenvalue weighted by Crippen LogP contribution is 2.27. The van der Waals surface area contributed by atoms with Gasteiger partial charge in [-0.3, -0.25) is 15.4 Å². The van der Waals surface area contributed by atoms with Crippen LogP contribution in [0.15, 0.2) is 12.1 Å². The molecule has 0 saturated heterocycles. The van der Waals surface area contributed by atoms with Gasteiger partial charge in [0.25, 0.3) is 5.69 Å². The smallest absolute Gasteiger partial charge is 0.412 e. The first kappa shape index (κ1) is 14.8. The number of ether oxygens (including phenoxy) is 1. The van der Waals surface area contributed by atoms with E-state index < -0.39 is 39.6 Å². The summed E-state index contributed by atoms with van der Waals surface area (Å²) >= 11 is 0. The SMILES string of the molecule is CC(C)(C)OC(=O)Nc1cc(F)c(F)cc1[N+](=O)[O-]. The van der Waals surface area contributed by atoms with E-state index >= 15 is 0 Å². The van der Waals surface area contributed by atoms with Crippen LogP contribution in [0.5, 0.6) is 0 Å². The minimum Gasteiger partial charge on any atom is -0.444 e. The van der Waals surface area contributed by atoms with Gasteiger partial charge in [-0.25, -0.2) is 13.6 Å². The van der Waals surface area contributed by atoms with Crippen molar-refractivity contribution in [1.82, 2.24) is 0 Å². The Labute approximate surface area is 107 Å². The predicted octanol–water partition coefficient (Wildman–Crippen LogP) is 3.22. The zero-order valence-electron chi connectivity index (χ0n) is 10.5. The Balaban J connectivity index is 3.03. The Hall–Kier alpha value is -2.25. The molecule has 0 bridgehead atoms. The molecule has 1 aromatic carbocycles. The minimum atomic E-state index is -1.37. The second-order valence-corrected chi connectivity index (χ2v) is 4.67. The largest absolute Gasteiger partial charge is 0.444 e. The molecule has 8 heteroatoms. The first-order valence-corrected chi connectivity index (χ1v) is 5.23. The summed E-state index contributed by atoms with van der Waals surface area (Å²) in [7, 11) is 0. The van der Waals surface area contributed by atoms with Gasteiger partial charge >= 0.3 is 6.09 Å². The molecule has 0 radical (unpaired) electrons. The van der Waals surface area contributed by atoms with E-state index in [9.17, 15) is 23.7 Å². The van der Waals surface area contributed by atoms with E-state index in [1.807, 2.05) is 5.32 Å². The number of carbonyl (C=O) groups is 1. The second kappa shape index (κ2) is 5.17. The highest BCUT2D eigenvalue weighted by molar-refractivity contribution is 5.88. The third-order valence-electron chi connectivity index (χ3n) is 1.87. The molecule has 0 saturated carbocycles. The average molecular weight is 274 g/mol. The normalized spacial score (nSPS) is 11.0. The Morgan fingerprint density at radius 3 is 2.32 bits per heavy atom. The van der Waals surface area contributed by atoms with Crippen molar-refractivity contribution in [2.75, 3.05) is 5.32 Å². The van der Waals surface area contributed by atoms with Crippen LogP contribution >= 0.6 is 0 Å². The lowest BCUT2D eigenvalue weighted by atomic mass is 10.2. The van der Waals surface area contributed by atoms with Crippen molar-refractivity contribution in [3.05, 3.63) is 33.9 Å². The monoisotopic (exact) mass is 274 g/mol. The molecule has 0 atom stereocenters. The van der Waals surface area contributed by atoms with Crippen molar-refractivity contribution in [2.45, 2.75) is 26.4 Å². The van der Waals surface area contributed by atoms with Gasteiger partial charge in [-0.15, -0.1) is 0 Å². The van der Waals surface area contributed by atoms with Gasteiger partial charge in [-0.1, -0.05) is 0 Å². The molecule has 0 aromatic heterocycles. The summed E-state index contributed by atoms with van der Waals surface area (Å²) in [6, 6.07) is 0.916. The van der Waals surface area contributed by atoms with Gasteiger partial charge in [0.15, 0.2) is 11.6 Å². The Morgan fingerprint density at radius 2 is 1.84 bits per heavy atom. The van der Waals surface area contributed by atoms with E-state index in [1.165, 1.54) is 0 Å². The third-order valence-corrected chi connectivity index (χ3v) is 1.87. The Kier molecular flexibility index (Phi) is 4.03. The van der Waals surface area contributed by atoms with Gasteiger partial charge < -0.3 is 4.74 Å². The minimum absolute atomic E-state index is 0.391.